The SMILES string of the molecule is COc1ccc(-n2c(-c3ccccc3)nn(C[NH+]3CCOCC3)c2=S)cc1Cl. The Morgan fingerprint density at radius 2 is 1.93 bits per heavy atom. The fraction of sp³-hybridized carbons (Fsp3) is 0.300. The molecule has 0 unspecified atom stereocenters. The number of nitrogens with zero attached hydrogens (tertiary/aromatic N) is 3. The maximum atomic E-state index is 6.37. The largest absolute Gasteiger partial charge is 0.495 e. The molecule has 2 heterocycles. The fourth-order valence-corrected chi connectivity index (χ4v) is 3.89. The molecule has 0 radical (unpaired) electrons. The van der Waals surface area contributed by atoms with Gasteiger partial charge in [-0.3, -0.25) is 4.57 Å². The summed E-state index contributed by atoms with van der Waals surface area (Å²) < 4.78 is 15.3. The summed E-state index contributed by atoms with van der Waals surface area (Å²) in [5.41, 5.74) is 1.86. The monoisotopic (exact) mass is 417 g/mol. The first kappa shape index (κ1) is 19.1. The van der Waals surface area contributed by atoms with Gasteiger partial charge in [0.15, 0.2) is 12.5 Å². The van der Waals surface area contributed by atoms with Gasteiger partial charge in [-0.05, 0) is 30.4 Å². The third-order valence-corrected chi connectivity index (χ3v) is 5.53. The maximum Gasteiger partial charge on any atom is 0.207 e. The van der Waals surface area contributed by atoms with E-state index in [0.29, 0.717) is 22.2 Å². The summed E-state index contributed by atoms with van der Waals surface area (Å²) in [6.07, 6.45) is 0. The molecular weight excluding hydrogens is 396 g/mol. The Balaban J connectivity index is 1.81. The summed E-state index contributed by atoms with van der Waals surface area (Å²) in [7, 11) is 1.60. The standard InChI is InChI=1S/C20H21ClN4O2S/c1-26-18-8-7-16(13-17(18)21)25-19(15-5-3-2-4-6-15)22-24(20(25)28)14-23-9-11-27-12-10-23/h2-8,13H,9-12,14H2,1H3/p+1. The number of morpholine rings is 1. The summed E-state index contributed by atoms with van der Waals surface area (Å²) in [6.45, 7) is 4.14. The van der Waals surface area contributed by atoms with Crippen LogP contribution in [0.2, 0.25) is 5.02 Å². The summed E-state index contributed by atoms with van der Waals surface area (Å²) in [5.74, 6) is 1.42. The number of nitrogens with one attached hydrogen (secondary N) is 1. The molecule has 0 atom stereocenters. The van der Waals surface area contributed by atoms with Crippen molar-refractivity contribution in [3.63, 3.8) is 0 Å². The quantitative estimate of drug-likeness (QED) is 0.648. The number of hydrogen-bond acceptors (Lipinski definition) is 4. The molecule has 1 aliphatic rings. The highest BCUT2D eigenvalue weighted by Crippen LogP contribution is 2.29. The summed E-state index contributed by atoms with van der Waals surface area (Å²) in [6, 6.07) is 15.7. The molecule has 1 aliphatic heterocycles. The van der Waals surface area contributed by atoms with Crippen LogP contribution < -0.4 is 9.64 Å². The van der Waals surface area contributed by atoms with Crippen molar-refractivity contribution >= 4 is 23.8 Å². The first-order valence-electron chi connectivity index (χ1n) is 9.18. The van der Waals surface area contributed by atoms with Crippen molar-refractivity contribution in [1.29, 1.82) is 0 Å². The molecule has 2 aromatic carbocycles. The minimum Gasteiger partial charge on any atom is -0.495 e. The van der Waals surface area contributed by atoms with Crippen molar-refractivity contribution in [2.75, 3.05) is 33.4 Å². The molecule has 4 rings (SSSR count). The van der Waals surface area contributed by atoms with Gasteiger partial charge in [-0.25, -0.2) is 0 Å². The van der Waals surface area contributed by atoms with Crippen molar-refractivity contribution in [2.24, 2.45) is 0 Å². The number of benzene rings is 2. The lowest BCUT2D eigenvalue weighted by Crippen LogP contribution is -3.13. The van der Waals surface area contributed by atoms with Crippen LogP contribution in [0.1, 0.15) is 0 Å². The van der Waals surface area contributed by atoms with Crippen molar-refractivity contribution in [3.05, 3.63) is 58.3 Å². The lowest BCUT2D eigenvalue weighted by molar-refractivity contribution is -0.930. The number of halogens is 1. The van der Waals surface area contributed by atoms with Crippen LogP contribution in [0.25, 0.3) is 17.1 Å². The number of methoxy groups -OCH3 is 1. The molecule has 1 saturated heterocycles. The average Bonchev–Trinajstić information content (AvgIpc) is 3.05. The number of rotatable bonds is 5. The third-order valence-electron chi connectivity index (χ3n) is 4.84. The van der Waals surface area contributed by atoms with E-state index in [2.05, 4.69) is 0 Å². The van der Waals surface area contributed by atoms with E-state index in [9.17, 15) is 0 Å². The zero-order valence-electron chi connectivity index (χ0n) is 15.6. The van der Waals surface area contributed by atoms with Gasteiger partial charge in [-0.1, -0.05) is 41.9 Å². The smallest absolute Gasteiger partial charge is 0.207 e. The molecular formula is C20H22ClN4O2S+. The highest BCUT2D eigenvalue weighted by atomic mass is 35.5. The summed E-state index contributed by atoms with van der Waals surface area (Å²) in [5, 5.41) is 5.40. The number of aromatic nitrogens is 3. The number of hydrogen-bond donors (Lipinski definition) is 1. The van der Waals surface area contributed by atoms with Gasteiger partial charge in [-0.15, -0.1) is 5.10 Å². The Morgan fingerprint density at radius 1 is 1.18 bits per heavy atom. The van der Waals surface area contributed by atoms with E-state index in [1.54, 1.807) is 7.11 Å². The van der Waals surface area contributed by atoms with Crippen LogP contribution in [-0.2, 0) is 11.4 Å². The van der Waals surface area contributed by atoms with Crippen molar-refractivity contribution in [3.8, 4) is 22.8 Å². The Kier molecular flexibility index (Phi) is 5.77. The molecule has 0 spiro atoms. The molecule has 0 bridgehead atoms. The number of quaternary nitrogens is 1. The van der Waals surface area contributed by atoms with E-state index in [1.807, 2.05) is 57.8 Å². The van der Waals surface area contributed by atoms with E-state index >= 15 is 0 Å². The van der Waals surface area contributed by atoms with Gasteiger partial charge in [0, 0.05) is 5.56 Å². The Morgan fingerprint density at radius 3 is 2.61 bits per heavy atom. The van der Waals surface area contributed by atoms with Gasteiger partial charge in [0.05, 0.1) is 31.0 Å². The van der Waals surface area contributed by atoms with E-state index in [1.165, 1.54) is 4.90 Å². The Bertz CT molecular complexity index is 1010. The first-order chi connectivity index (χ1) is 13.7. The molecule has 1 fully saturated rings. The van der Waals surface area contributed by atoms with Crippen LogP contribution in [0.15, 0.2) is 48.5 Å². The van der Waals surface area contributed by atoms with Gasteiger partial charge in [0.2, 0.25) is 4.77 Å². The Hall–Kier alpha value is -2.19. The molecule has 8 heteroatoms. The van der Waals surface area contributed by atoms with Gasteiger partial charge in [0.1, 0.15) is 18.8 Å². The Labute approximate surface area is 173 Å². The van der Waals surface area contributed by atoms with Crippen LogP contribution >= 0.6 is 23.8 Å². The van der Waals surface area contributed by atoms with Gasteiger partial charge in [-0.2, -0.15) is 4.68 Å². The van der Waals surface area contributed by atoms with Crippen molar-refractivity contribution < 1.29 is 14.4 Å². The molecule has 146 valence electrons. The van der Waals surface area contributed by atoms with Crippen LogP contribution in [0.5, 0.6) is 5.75 Å². The van der Waals surface area contributed by atoms with E-state index in [-0.39, 0.29) is 0 Å². The fourth-order valence-electron chi connectivity index (χ4n) is 3.34. The summed E-state index contributed by atoms with van der Waals surface area (Å²) >= 11 is 12.2. The van der Waals surface area contributed by atoms with Crippen LogP contribution in [0.3, 0.4) is 0 Å². The molecule has 3 aromatic rings. The van der Waals surface area contributed by atoms with Gasteiger partial charge in [0.25, 0.3) is 0 Å². The van der Waals surface area contributed by atoms with Crippen LogP contribution in [0, 0.1) is 4.77 Å². The molecule has 1 aromatic heterocycles. The lowest BCUT2D eigenvalue weighted by atomic mass is 10.2. The zero-order chi connectivity index (χ0) is 19.5. The topological polar surface area (TPSA) is 45.7 Å². The second kappa shape index (κ2) is 8.45. The highest BCUT2D eigenvalue weighted by molar-refractivity contribution is 7.71. The highest BCUT2D eigenvalue weighted by Gasteiger charge is 2.20. The van der Waals surface area contributed by atoms with E-state index < -0.39 is 0 Å². The first-order valence-corrected chi connectivity index (χ1v) is 9.96. The van der Waals surface area contributed by atoms with Crippen LogP contribution in [-0.4, -0.2) is 47.8 Å². The maximum absolute atomic E-state index is 6.37. The minimum atomic E-state index is 0.535. The van der Waals surface area contributed by atoms with Gasteiger partial charge >= 0.3 is 0 Å². The number of ether oxygens (including phenoxy) is 2. The molecule has 0 amide bonds. The third kappa shape index (κ3) is 3.84. The van der Waals surface area contributed by atoms with Crippen molar-refractivity contribution in [2.45, 2.75) is 6.67 Å². The molecule has 28 heavy (non-hydrogen) atoms. The molecule has 6 nitrogen and oxygen atoms in total. The zero-order valence-corrected chi connectivity index (χ0v) is 17.2. The molecule has 1 N–H and O–H groups in total. The summed E-state index contributed by atoms with van der Waals surface area (Å²) in [4.78, 5) is 1.40. The lowest BCUT2D eigenvalue weighted by Gasteiger charge is -2.23. The van der Waals surface area contributed by atoms with E-state index in [4.69, 9.17) is 38.4 Å². The van der Waals surface area contributed by atoms with Crippen molar-refractivity contribution in [1.82, 2.24) is 14.3 Å². The second-order valence-corrected chi connectivity index (χ2v) is 7.42. The average molecular weight is 418 g/mol. The van der Waals surface area contributed by atoms with E-state index in [0.717, 1.165) is 43.4 Å². The predicted octanol–water partition coefficient (Wildman–Crippen LogP) is 2.60. The minimum absolute atomic E-state index is 0.535. The normalized spacial score (nSPS) is 14.9. The second-order valence-electron chi connectivity index (χ2n) is 6.65. The van der Waals surface area contributed by atoms with Crippen LogP contribution in [0.4, 0.5) is 0 Å². The molecule has 0 saturated carbocycles. The predicted molar refractivity (Wildman–Crippen MR) is 111 cm³/mol. The van der Waals surface area contributed by atoms with Gasteiger partial charge < -0.3 is 14.4 Å². The molecule has 0 aliphatic carbocycles.